The van der Waals surface area contributed by atoms with Crippen LogP contribution in [0.4, 0.5) is 0 Å². The van der Waals surface area contributed by atoms with Crippen LogP contribution in [0.1, 0.15) is 27.9 Å². The summed E-state index contributed by atoms with van der Waals surface area (Å²) in [6.07, 6.45) is 1.68. The molecule has 0 aromatic heterocycles. The number of benzene rings is 3. The van der Waals surface area contributed by atoms with Gasteiger partial charge in [0.25, 0.3) is 0 Å². The number of thioether (sulfide) groups is 1. The molecular formula is C29H22O5S. The molecule has 0 saturated heterocycles. The lowest BCUT2D eigenvalue weighted by Gasteiger charge is -2.07. The van der Waals surface area contributed by atoms with Gasteiger partial charge in [-0.3, -0.25) is 4.79 Å². The maximum Gasteiger partial charge on any atom is 0.330 e. The first-order chi connectivity index (χ1) is 17.0. The SMILES string of the molecule is C=CC(=O)OCCCOc1ccc(C(=O)Sc2ccc(C#CC#Cc3ccc(O)cc3)cc2)cc1. The van der Waals surface area contributed by atoms with E-state index >= 15 is 0 Å². The highest BCUT2D eigenvalue weighted by Crippen LogP contribution is 2.24. The molecule has 3 aromatic carbocycles. The van der Waals surface area contributed by atoms with Gasteiger partial charge >= 0.3 is 5.97 Å². The molecule has 0 aliphatic rings. The molecule has 0 unspecified atom stereocenters. The Kier molecular flexibility index (Phi) is 9.63. The van der Waals surface area contributed by atoms with E-state index in [0.29, 0.717) is 24.3 Å². The number of rotatable bonds is 8. The van der Waals surface area contributed by atoms with Gasteiger partial charge in [-0.1, -0.05) is 18.4 Å². The summed E-state index contributed by atoms with van der Waals surface area (Å²) in [7, 11) is 0. The lowest BCUT2D eigenvalue weighted by molar-refractivity contribution is -0.137. The second-order valence-electron chi connectivity index (χ2n) is 7.06. The molecule has 5 nitrogen and oxygen atoms in total. The van der Waals surface area contributed by atoms with Gasteiger partial charge in [0, 0.05) is 34.1 Å². The van der Waals surface area contributed by atoms with Crippen molar-refractivity contribution < 1.29 is 24.2 Å². The summed E-state index contributed by atoms with van der Waals surface area (Å²) >= 11 is 1.13. The zero-order chi connectivity index (χ0) is 24.9. The molecule has 174 valence electrons. The summed E-state index contributed by atoms with van der Waals surface area (Å²) in [6, 6.07) is 20.9. The molecule has 1 N–H and O–H groups in total. The molecule has 35 heavy (non-hydrogen) atoms. The number of ether oxygens (including phenoxy) is 2. The number of hydrogen-bond donors (Lipinski definition) is 1. The highest BCUT2D eigenvalue weighted by molar-refractivity contribution is 8.14. The average Bonchev–Trinajstić information content (AvgIpc) is 2.88. The van der Waals surface area contributed by atoms with Crippen molar-refractivity contribution in [3.05, 3.63) is 102 Å². The molecule has 3 rings (SSSR count). The number of carbonyl (C=O) groups excluding carboxylic acids is 2. The third-order valence-electron chi connectivity index (χ3n) is 4.47. The van der Waals surface area contributed by atoms with Gasteiger partial charge in [0.2, 0.25) is 5.12 Å². The fraction of sp³-hybridized carbons (Fsp3) is 0.103. The summed E-state index contributed by atoms with van der Waals surface area (Å²) in [4.78, 5) is 24.4. The van der Waals surface area contributed by atoms with E-state index in [4.69, 9.17) is 9.47 Å². The summed E-state index contributed by atoms with van der Waals surface area (Å²) in [6.45, 7) is 3.99. The van der Waals surface area contributed by atoms with Crippen molar-refractivity contribution in [1.82, 2.24) is 0 Å². The molecular weight excluding hydrogens is 460 g/mol. The second kappa shape index (κ2) is 13.3. The molecule has 0 aliphatic carbocycles. The maximum atomic E-state index is 12.6. The number of hydrogen-bond acceptors (Lipinski definition) is 6. The summed E-state index contributed by atoms with van der Waals surface area (Å²) in [5.41, 5.74) is 2.13. The first-order valence-corrected chi connectivity index (χ1v) is 11.5. The zero-order valence-corrected chi connectivity index (χ0v) is 19.6. The standard InChI is InChI=1S/C29H22O5S/c1-2-28(31)34-21-5-20-33-26-16-12-24(13-17-26)29(32)35-27-18-10-23(11-19-27)7-4-3-6-22-8-14-25(30)15-9-22/h2,8-19,30H,1,5,20-21H2. The Morgan fingerprint density at radius 1 is 0.857 bits per heavy atom. The van der Waals surface area contributed by atoms with Crippen molar-refractivity contribution >= 4 is 22.8 Å². The van der Waals surface area contributed by atoms with E-state index < -0.39 is 5.97 Å². The number of carbonyl (C=O) groups is 2. The Morgan fingerprint density at radius 3 is 2.06 bits per heavy atom. The Hall–Kier alpha value is -4.39. The lowest BCUT2D eigenvalue weighted by atomic mass is 10.2. The molecule has 6 heteroatoms. The van der Waals surface area contributed by atoms with Crippen LogP contribution in [0.5, 0.6) is 11.5 Å². The molecule has 0 fully saturated rings. The summed E-state index contributed by atoms with van der Waals surface area (Å²) in [5, 5.41) is 9.20. The van der Waals surface area contributed by atoms with Crippen LogP contribution in [0.25, 0.3) is 0 Å². The van der Waals surface area contributed by atoms with Gasteiger partial charge < -0.3 is 14.6 Å². The summed E-state index contributed by atoms with van der Waals surface area (Å²) < 4.78 is 10.5. The number of esters is 1. The Labute approximate surface area is 208 Å². The summed E-state index contributed by atoms with van der Waals surface area (Å²) in [5.74, 6) is 11.8. The van der Waals surface area contributed by atoms with Crippen LogP contribution in [0.3, 0.4) is 0 Å². The van der Waals surface area contributed by atoms with E-state index in [-0.39, 0.29) is 17.5 Å². The molecule has 0 heterocycles. The topological polar surface area (TPSA) is 72.8 Å². The quantitative estimate of drug-likeness (QED) is 0.156. The lowest BCUT2D eigenvalue weighted by Crippen LogP contribution is -2.06. The highest BCUT2D eigenvalue weighted by atomic mass is 32.2. The maximum absolute atomic E-state index is 12.6. The predicted molar refractivity (Wildman–Crippen MR) is 136 cm³/mol. The van der Waals surface area contributed by atoms with Crippen molar-refractivity contribution in [2.75, 3.05) is 13.2 Å². The average molecular weight is 483 g/mol. The molecule has 0 saturated carbocycles. The fourth-order valence-electron chi connectivity index (χ4n) is 2.69. The van der Waals surface area contributed by atoms with E-state index in [1.165, 1.54) is 0 Å². The van der Waals surface area contributed by atoms with Crippen molar-refractivity contribution in [1.29, 1.82) is 0 Å². The molecule has 3 aromatic rings. The Balaban J connectivity index is 1.46. The second-order valence-corrected chi connectivity index (χ2v) is 8.11. The third kappa shape index (κ3) is 8.81. The number of phenols is 1. The van der Waals surface area contributed by atoms with Crippen LogP contribution in [0, 0.1) is 23.7 Å². The first-order valence-electron chi connectivity index (χ1n) is 10.7. The normalized spacial score (nSPS) is 9.60. The van der Waals surface area contributed by atoms with E-state index in [1.807, 2.05) is 24.3 Å². The van der Waals surface area contributed by atoms with Crippen LogP contribution in [-0.2, 0) is 9.53 Å². The number of aromatic hydroxyl groups is 1. The molecule has 0 bridgehead atoms. The van der Waals surface area contributed by atoms with E-state index in [0.717, 1.165) is 33.9 Å². The fourth-order valence-corrected chi connectivity index (χ4v) is 3.43. The third-order valence-corrected chi connectivity index (χ3v) is 5.40. The van der Waals surface area contributed by atoms with Gasteiger partial charge in [-0.25, -0.2) is 4.79 Å². The molecule has 0 atom stereocenters. The number of phenolic OH excluding ortho intramolecular Hbond substituents is 1. The van der Waals surface area contributed by atoms with Crippen LogP contribution in [0.2, 0.25) is 0 Å². The Morgan fingerprint density at radius 2 is 1.46 bits per heavy atom. The molecule has 0 spiro atoms. The predicted octanol–water partition coefficient (Wildman–Crippen LogP) is 5.23. The van der Waals surface area contributed by atoms with Crippen molar-refractivity contribution in [3.8, 4) is 35.2 Å². The molecule has 0 radical (unpaired) electrons. The van der Waals surface area contributed by atoms with Crippen molar-refractivity contribution in [2.45, 2.75) is 11.3 Å². The minimum Gasteiger partial charge on any atom is -0.508 e. The van der Waals surface area contributed by atoms with Crippen molar-refractivity contribution in [3.63, 3.8) is 0 Å². The van der Waals surface area contributed by atoms with Crippen LogP contribution in [-0.4, -0.2) is 29.4 Å². The Bertz CT molecular complexity index is 1290. The van der Waals surface area contributed by atoms with Gasteiger partial charge in [0.1, 0.15) is 11.5 Å². The smallest absolute Gasteiger partial charge is 0.330 e. The molecule has 0 amide bonds. The van der Waals surface area contributed by atoms with Crippen molar-refractivity contribution in [2.24, 2.45) is 0 Å². The van der Waals surface area contributed by atoms with E-state index in [9.17, 15) is 14.7 Å². The zero-order valence-electron chi connectivity index (χ0n) is 18.8. The van der Waals surface area contributed by atoms with E-state index in [1.54, 1.807) is 48.5 Å². The van der Waals surface area contributed by atoms with Gasteiger partial charge in [-0.15, -0.1) is 0 Å². The van der Waals surface area contributed by atoms with Gasteiger partial charge in [-0.2, -0.15) is 0 Å². The molecule has 0 aliphatic heterocycles. The van der Waals surface area contributed by atoms with Gasteiger partial charge in [-0.05, 0) is 96.4 Å². The minimum absolute atomic E-state index is 0.0773. The minimum atomic E-state index is -0.454. The van der Waals surface area contributed by atoms with Gasteiger partial charge in [0.05, 0.1) is 13.2 Å². The van der Waals surface area contributed by atoms with Crippen LogP contribution >= 0.6 is 11.8 Å². The van der Waals surface area contributed by atoms with Gasteiger partial charge in [0.15, 0.2) is 0 Å². The van der Waals surface area contributed by atoms with E-state index in [2.05, 4.69) is 30.3 Å². The van der Waals surface area contributed by atoms with Crippen LogP contribution in [0.15, 0.2) is 90.3 Å². The first kappa shape index (κ1) is 25.2. The monoisotopic (exact) mass is 482 g/mol. The largest absolute Gasteiger partial charge is 0.508 e. The van der Waals surface area contributed by atoms with Crippen LogP contribution < -0.4 is 4.74 Å². The highest BCUT2D eigenvalue weighted by Gasteiger charge is 2.08.